The first-order valence-corrected chi connectivity index (χ1v) is 12.4. The summed E-state index contributed by atoms with van der Waals surface area (Å²) in [6.07, 6.45) is 8.26. The molecule has 0 radical (unpaired) electrons. The molecule has 5 nitrogen and oxygen atoms in total. The lowest BCUT2D eigenvalue weighted by Gasteiger charge is -2.55. The van der Waals surface area contributed by atoms with Crippen LogP contribution in [0.3, 0.4) is 0 Å². The van der Waals surface area contributed by atoms with Crippen molar-refractivity contribution in [3.05, 3.63) is 58.2 Å². The van der Waals surface area contributed by atoms with Gasteiger partial charge in [0.15, 0.2) is 11.5 Å². The van der Waals surface area contributed by atoms with Gasteiger partial charge in [0, 0.05) is 11.5 Å². The van der Waals surface area contributed by atoms with Crippen molar-refractivity contribution < 1.29 is 24.8 Å². The van der Waals surface area contributed by atoms with Crippen molar-refractivity contribution in [2.24, 2.45) is 11.3 Å². The Hall–Kier alpha value is -2.92. The number of methoxy groups -OCH3 is 1. The third kappa shape index (κ3) is 4.79. The molecule has 188 valence electrons. The molecule has 0 amide bonds. The standard InChI is InChI=1S/C30H38O5/c1-18(2)7-10-22-23(31)14-20(15-24(22)32)9-8-19-13-21-17-26-29(3,4)27(33)11-12-30(26,5)35-28(21)25(16-19)34-6/h7-9,13-16,26-27,31-33H,10-12,17H2,1-6H3/b9-8+/t26-,27-,30-/m0/s1. The number of hydrogen-bond donors (Lipinski definition) is 3. The first-order chi connectivity index (χ1) is 16.4. The number of aliphatic hydroxyl groups excluding tert-OH is 1. The molecule has 1 aliphatic heterocycles. The van der Waals surface area contributed by atoms with Crippen LogP contribution in [-0.2, 0) is 12.8 Å². The predicted octanol–water partition coefficient (Wildman–Crippen LogP) is 6.28. The molecular formula is C30H38O5. The summed E-state index contributed by atoms with van der Waals surface area (Å²) in [7, 11) is 1.65. The van der Waals surface area contributed by atoms with Crippen molar-refractivity contribution >= 4 is 12.2 Å². The van der Waals surface area contributed by atoms with E-state index in [4.69, 9.17) is 9.47 Å². The van der Waals surface area contributed by atoms with Gasteiger partial charge in [0.2, 0.25) is 0 Å². The van der Waals surface area contributed by atoms with Gasteiger partial charge in [-0.3, -0.25) is 0 Å². The number of phenols is 2. The van der Waals surface area contributed by atoms with Gasteiger partial charge in [-0.1, -0.05) is 37.6 Å². The molecule has 3 atom stereocenters. The largest absolute Gasteiger partial charge is 0.507 e. The average molecular weight is 479 g/mol. The summed E-state index contributed by atoms with van der Waals surface area (Å²) in [5, 5.41) is 31.6. The molecule has 1 aliphatic carbocycles. The Balaban J connectivity index is 1.65. The predicted molar refractivity (Wildman–Crippen MR) is 140 cm³/mol. The second kappa shape index (κ2) is 9.27. The molecule has 35 heavy (non-hydrogen) atoms. The van der Waals surface area contributed by atoms with Crippen LogP contribution < -0.4 is 9.47 Å². The van der Waals surface area contributed by atoms with Crippen LogP contribution >= 0.6 is 0 Å². The summed E-state index contributed by atoms with van der Waals surface area (Å²) in [6.45, 7) is 10.4. The molecule has 0 spiro atoms. The lowest BCUT2D eigenvalue weighted by atomic mass is 9.57. The number of fused-ring (bicyclic) bond motifs is 2. The van der Waals surface area contributed by atoms with Gasteiger partial charge in [0.05, 0.1) is 13.2 Å². The summed E-state index contributed by atoms with van der Waals surface area (Å²) >= 11 is 0. The Morgan fingerprint density at radius 3 is 2.29 bits per heavy atom. The van der Waals surface area contributed by atoms with Crippen molar-refractivity contribution in [1.82, 2.24) is 0 Å². The van der Waals surface area contributed by atoms with Gasteiger partial charge in [-0.05, 0) is 92.8 Å². The monoisotopic (exact) mass is 478 g/mol. The first-order valence-electron chi connectivity index (χ1n) is 12.4. The number of phenolic OH excluding ortho intramolecular Hbond substituents is 2. The fourth-order valence-corrected chi connectivity index (χ4v) is 5.71. The second-order valence-corrected chi connectivity index (χ2v) is 11.1. The van der Waals surface area contributed by atoms with Crippen LogP contribution in [0.25, 0.3) is 12.2 Å². The Labute approximate surface area is 208 Å². The molecular weight excluding hydrogens is 440 g/mol. The number of aromatic hydroxyl groups is 2. The number of benzene rings is 2. The zero-order valence-corrected chi connectivity index (χ0v) is 21.7. The van der Waals surface area contributed by atoms with Crippen LogP contribution in [0.1, 0.15) is 69.7 Å². The second-order valence-electron chi connectivity index (χ2n) is 11.1. The molecule has 1 fully saturated rings. The molecule has 2 aromatic carbocycles. The van der Waals surface area contributed by atoms with Crippen molar-refractivity contribution in [3.8, 4) is 23.0 Å². The minimum absolute atomic E-state index is 0.0796. The van der Waals surface area contributed by atoms with Crippen molar-refractivity contribution in [1.29, 1.82) is 0 Å². The summed E-state index contributed by atoms with van der Waals surface area (Å²) in [5.74, 6) is 1.81. The van der Waals surface area contributed by atoms with E-state index in [2.05, 4.69) is 26.8 Å². The van der Waals surface area contributed by atoms with Gasteiger partial charge < -0.3 is 24.8 Å². The third-order valence-electron chi connectivity index (χ3n) is 7.95. The van der Waals surface area contributed by atoms with Crippen LogP contribution in [0.2, 0.25) is 0 Å². The van der Waals surface area contributed by atoms with Crippen LogP contribution in [-0.4, -0.2) is 34.1 Å². The van der Waals surface area contributed by atoms with Gasteiger partial charge in [-0.15, -0.1) is 0 Å². The van der Waals surface area contributed by atoms with E-state index in [1.54, 1.807) is 19.2 Å². The third-order valence-corrected chi connectivity index (χ3v) is 7.95. The van der Waals surface area contributed by atoms with E-state index in [9.17, 15) is 15.3 Å². The highest BCUT2D eigenvalue weighted by Gasteiger charge is 2.54. The lowest BCUT2D eigenvalue weighted by Crippen LogP contribution is -2.58. The minimum Gasteiger partial charge on any atom is -0.507 e. The van der Waals surface area contributed by atoms with Gasteiger partial charge in [0.1, 0.15) is 17.1 Å². The van der Waals surface area contributed by atoms with E-state index >= 15 is 0 Å². The maximum Gasteiger partial charge on any atom is 0.165 e. The maximum atomic E-state index is 10.7. The Morgan fingerprint density at radius 1 is 1.06 bits per heavy atom. The van der Waals surface area contributed by atoms with Gasteiger partial charge in [0.25, 0.3) is 0 Å². The molecule has 4 rings (SSSR count). The van der Waals surface area contributed by atoms with Gasteiger partial charge in [-0.25, -0.2) is 0 Å². The Bertz CT molecular complexity index is 1150. The highest BCUT2D eigenvalue weighted by Crippen LogP contribution is 2.55. The number of rotatable bonds is 5. The maximum absolute atomic E-state index is 10.7. The zero-order valence-electron chi connectivity index (χ0n) is 21.7. The van der Waals surface area contributed by atoms with E-state index in [1.807, 2.05) is 38.1 Å². The van der Waals surface area contributed by atoms with E-state index in [-0.39, 0.29) is 34.5 Å². The van der Waals surface area contributed by atoms with Crippen LogP contribution in [0.15, 0.2) is 35.9 Å². The van der Waals surface area contributed by atoms with Crippen LogP contribution in [0.5, 0.6) is 23.0 Å². The quantitative estimate of drug-likeness (QED) is 0.348. The molecule has 3 N–H and O–H groups in total. The lowest BCUT2D eigenvalue weighted by molar-refractivity contribution is -0.138. The van der Waals surface area contributed by atoms with Crippen LogP contribution in [0.4, 0.5) is 0 Å². The molecule has 1 saturated carbocycles. The fourth-order valence-electron chi connectivity index (χ4n) is 5.71. The van der Waals surface area contributed by atoms with Crippen molar-refractivity contribution in [2.75, 3.05) is 7.11 Å². The number of aliphatic hydroxyl groups is 1. The summed E-state index contributed by atoms with van der Waals surface area (Å²) in [6, 6.07) is 7.39. The molecule has 2 aromatic rings. The number of hydrogen-bond acceptors (Lipinski definition) is 5. The number of ether oxygens (including phenoxy) is 2. The molecule has 0 unspecified atom stereocenters. The SMILES string of the molecule is COc1cc(/C=C/c2cc(O)c(CC=C(C)C)c(O)c2)cc2c1O[C@@]1(C)CC[C@H](O)C(C)(C)[C@@H]1C2. The Morgan fingerprint density at radius 2 is 1.69 bits per heavy atom. The van der Waals surface area contributed by atoms with E-state index in [1.165, 1.54) is 0 Å². The Kier molecular flexibility index (Phi) is 6.67. The topological polar surface area (TPSA) is 79.2 Å². The summed E-state index contributed by atoms with van der Waals surface area (Å²) in [5.41, 5.74) is 3.76. The molecule has 0 saturated heterocycles. The smallest absolute Gasteiger partial charge is 0.165 e. The summed E-state index contributed by atoms with van der Waals surface area (Å²) < 4.78 is 12.3. The average Bonchev–Trinajstić information content (AvgIpc) is 2.78. The van der Waals surface area contributed by atoms with Crippen molar-refractivity contribution in [3.63, 3.8) is 0 Å². The van der Waals surface area contributed by atoms with Gasteiger partial charge >= 0.3 is 0 Å². The fraction of sp³-hybridized carbons (Fsp3) is 0.467. The van der Waals surface area contributed by atoms with Crippen LogP contribution in [0, 0.1) is 11.3 Å². The summed E-state index contributed by atoms with van der Waals surface area (Å²) in [4.78, 5) is 0. The molecule has 1 heterocycles. The van der Waals surface area contributed by atoms with E-state index in [0.717, 1.165) is 41.7 Å². The number of allylic oxidation sites excluding steroid dienone is 2. The minimum atomic E-state index is -0.351. The molecule has 0 aromatic heterocycles. The molecule has 0 bridgehead atoms. The molecule has 2 aliphatic rings. The highest BCUT2D eigenvalue weighted by molar-refractivity contribution is 5.73. The normalized spacial score (nSPS) is 24.9. The first kappa shape index (κ1) is 25.2. The van der Waals surface area contributed by atoms with Gasteiger partial charge in [-0.2, -0.15) is 0 Å². The highest BCUT2D eigenvalue weighted by atomic mass is 16.5. The van der Waals surface area contributed by atoms with E-state index in [0.29, 0.717) is 23.3 Å². The molecule has 5 heteroatoms. The van der Waals surface area contributed by atoms with Crippen molar-refractivity contribution in [2.45, 2.75) is 72.0 Å². The van der Waals surface area contributed by atoms with E-state index < -0.39 is 0 Å². The zero-order chi connectivity index (χ0) is 25.5.